The van der Waals surface area contributed by atoms with E-state index in [1.54, 1.807) is 0 Å². The average Bonchev–Trinajstić information content (AvgIpc) is 2.74. The highest BCUT2D eigenvalue weighted by Gasteiger charge is 2.43. The largest absolute Gasteiger partial charge is 0.341 e. The zero-order valence-electron chi connectivity index (χ0n) is 12.4. The Morgan fingerprint density at radius 2 is 1.65 bits per heavy atom. The lowest BCUT2D eigenvalue weighted by Gasteiger charge is -2.39. The first-order valence-corrected chi connectivity index (χ1v) is 7.63. The van der Waals surface area contributed by atoms with E-state index in [1.807, 2.05) is 17.0 Å². The SMILES string of the molecule is C[C@H]1C[C@H](C)CN(C(=O)C2(N)Cc3ccccc3C2)C1. The standard InChI is InChI=1S/C17H24N2O/c1-12-7-13(2)11-19(10-12)16(20)17(18)8-14-5-3-4-6-15(14)9-17/h3-6,12-13H,7-11,18H2,1-2H3/t12-,13-/m0/s1. The van der Waals surface area contributed by atoms with Crippen LogP contribution in [0, 0.1) is 11.8 Å². The van der Waals surface area contributed by atoms with Gasteiger partial charge in [-0.3, -0.25) is 4.79 Å². The molecular weight excluding hydrogens is 248 g/mol. The highest BCUT2D eigenvalue weighted by atomic mass is 16.2. The summed E-state index contributed by atoms with van der Waals surface area (Å²) in [6.07, 6.45) is 2.57. The Kier molecular flexibility index (Phi) is 3.33. The number of carbonyl (C=O) groups excluding carboxylic acids is 1. The summed E-state index contributed by atoms with van der Waals surface area (Å²) in [4.78, 5) is 14.9. The number of hydrogen-bond acceptors (Lipinski definition) is 2. The fourth-order valence-electron chi connectivity index (χ4n) is 3.94. The van der Waals surface area contributed by atoms with Crippen molar-refractivity contribution in [2.45, 2.75) is 38.6 Å². The fourth-order valence-corrected chi connectivity index (χ4v) is 3.94. The number of amides is 1. The molecule has 1 saturated heterocycles. The smallest absolute Gasteiger partial charge is 0.243 e. The van der Waals surface area contributed by atoms with Crippen molar-refractivity contribution in [1.29, 1.82) is 0 Å². The molecule has 1 heterocycles. The first-order valence-electron chi connectivity index (χ1n) is 7.63. The van der Waals surface area contributed by atoms with Crippen LogP contribution in [0.3, 0.4) is 0 Å². The third-order valence-electron chi connectivity index (χ3n) is 4.71. The predicted molar refractivity (Wildman–Crippen MR) is 80.3 cm³/mol. The molecule has 3 heteroatoms. The van der Waals surface area contributed by atoms with E-state index in [9.17, 15) is 4.79 Å². The molecule has 1 fully saturated rings. The number of rotatable bonds is 1. The van der Waals surface area contributed by atoms with Gasteiger partial charge in [-0.05, 0) is 42.2 Å². The van der Waals surface area contributed by atoms with Crippen LogP contribution >= 0.6 is 0 Å². The van der Waals surface area contributed by atoms with Gasteiger partial charge < -0.3 is 10.6 Å². The molecular formula is C17H24N2O. The number of nitrogens with zero attached hydrogens (tertiary/aromatic N) is 1. The van der Waals surface area contributed by atoms with Crippen molar-refractivity contribution in [2.75, 3.05) is 13.1 Å². The van der Waals surface area contributed by atoms with E-state index in [-0.39, 0.29) is 5.91 Å². The summed E-state index contributed by atoms with van der Waals surface area (Å²) < 4.78 is 0. The molecule has 1 amide bonds. The van der Waals surface area contributed by atoms with E-state index in [1.165, 1.54) is 17.5 Å². The number of benzene rings is 1. The molecule has 2 N–H and O–H groups in total. The van der Waals surface area contributed by atoms with E-state index < -0.39 is 5.54 Å². The van der Waals surface area contributed by atoms with Crippen molar-refractivity contribution >= 4 is 5.91 Å². The highest BCUT2D eigenvalue weighted by molar-refractivity contribution is 5.88. The van der Waals surface area contributed by atoms with E-state index in [4.69, 9.17) is 5.73 Å². The minimum atomic E-state index is -0.722. The molecule has 0 spiro atoms. The van der Waals surface area contributed by atoms with Crippen molar-refractivity contribution in [3.63, 3.8) is 0 Å². The van der Waals surface area contributed by atoms with Crippen LogP contribution in [-0.4, -0.2) is 29.4 Å². The summed E-state index contributed by atoms with van der Waals surface area (Å²) in [5.74, 6) is 1.30. The van der Waals surface area contributed by atoms with Crippen molar-refractivity contribution in [1.82, 2.24) is 4.90 Å². The van der Waals surface area contributed by atoms with Gasteiger partial charge in [-0.25, -0.2) is 0 Å². The second-order valence-electron chi connectivity index (χ2n) is 6.93. The molecule has 1 aromatic carbocycles. The van der Waals surface area contributed by atoms with Crippen molar-refractivity contribution in [3.8, 4) is 0 Å². The lowest BCUT2D eigenvalue weighted by atomic mass is 9.88. The summed E-state index contributed by atoms with van der Waals surface area (Å²) in [7, 11) is 0. The predicted octanol–water partition coefficient (Wildman–Crippen LogP) is 1.99. The van der Waals surface area contributed by atoms with Gasteiger partial charge in [0.1, 0.15) is 5.54 Å². The summed E-state index contributed by atoms with van der Waals surface area (Å²) in [6.45, 7) is 6.17. The molecule has 2 aliphatic rings. The maximum absolute atomic E-state index is 12.9. The molecule has 108 valence electrons. The van der Waals surface area contributed by atoms with E-state index >= 15 is 0 Å². The highest BCUT2D eigenvalue weighted by Crippen LogP contribution is 2.31. The first kappa shape index (κ1) is 13.6. The Balaban J connectivity index is 1.78. The Labute approximate surface area is 121 Å². The molecule has 1 aromatic rings. The number of piperidine rings is 1. The molecule has 3 rings (SSSR count). The maximum atomic E-state index is 12.9. The lowest BCUT2D eigenvalue weighted by Crippen LogP contribution is -2.58. The van der Waals surface area contributed by atoms with Crippen LogP contribution in [0.5, 0.6) is 0 Å². The molecule has 1 aliphatic heterocycles. The molecule has 0 bridgehead atoms. The third-order valence-corrected chi connectivity index (χ3v) is 4.71. The number of carbonyl (C=O) groups is 1. The fraction of sp³-hybridized carbons (Fsp3) is 0.588. The van der Waals surface area contributed by atoms with E-state index in [2.05, 4.69) is 26.0 Å². The third kappa shape index (κ3) is 2.35. The zero-order valence-corrected chi connectivity index (χ0v) is 12.4. The monoisotopic (exact) mass is 272 g/mol. The van der Waals surface area contributed by atoms with Crippen molar-refractivity contribution < 1.29 is 4.79 Å². The Morgan fingerprint density at radius 1 is 1.15 bits per heavy atom. The van der Waals surface area contributed by atoms with Gasteiger partial charge in [0.15, 0.2) is 0 Å². The average molecular weight is 272 g/mol. The summed E-state index contributed by atoms with van der Waals surface area (Å²) in [5.41, 5.74) is 8.24. The van der Waals surface area contributed by atoms with Crippen LogP contribution in [-0.2, 0) is 17.6 Å². The molecule has 0 radical (unpaired) electrons. The Hall–Kier alpha value is -1.35. The number of likely N-dealkylation sites (tertiary alicyclic amines) is 1. The van der Waals surface area contributed by atoms with Gasteiger partial charge >= 0.3 is 0 Å². The van der Waals surface area contributed by atoms with Crippen LogP contribution in [0.2, 0.25) is 0 Å². The lowest BCUT2D eigenvalue weighted by molar-refractivity contribution is -0.139. The molecule has 2 atom stereocenters. The minimum Gasteiger partial charge on any atom is -0.341 e. The molecule has 0 unspecified atom stereocenters. The number of hydrogen-bond donors (Lipinski definition) is 1. The Morgan fingerprint density at radius 3 is 2.15 bits per heavy atom. The second-order valence-corrected chi connectivity index (χ2v) is 6.93. The number of fused-ring (bicyclic) bond motifs is 1. The first-order chi connectivity index (χ1) is 9.48. The van der Waals surface area contributed by atoms with Gasteiger partial charge in [-0.2, -0.15) is 0 Å². The summed E-state index contributed by atoms with van der Waals surface area (Å²) >= 11 is 0. The molecule has 20 heavy (non-hydrogen) atoms. The van der Waals surface area contributed by atoms with Crippen LogP contribution in [0.4, 0.5) is 0 Å². The number of nitrogens with two attached hydrogens (primary N) is 1. The van der Waals surface area contributed by atoms with Gasteiger partial charge in [0.2, 0.25) is 5.91 Å². The van der Waals surface area contributed by atoms with Gasteiger partial charge in [0, 0.05) is 13.1 Å². The summed E-state index contributed by atoms with van der Waals surface area (Å²) in [6, 6.07) is 8.25. The maximum Gasteiger partial charge on any atom is 0.243 e. The minimum absolute atomic E-state index is 0.145. The van der Waals surface area contributed by atoms with Crippen LogP contribution < -0.4 is 5.73 Å². The van der Waals surface area contributed by atoms with E-state index in [0.29, 0.717) is 24.7 Å². The van der Waals surface area contributed by atoms with Crippen LogP contribution in [0.1, 0.15) is 31.4 Å². The van der Waals surface area contributed by atoms with Gasteiger partial charge in [-0.1, -0.05) is 38.1 Å². The quantitative estimate of drug-likeness (QED) is 0.850. The topological polar surface area (TPSA) is 46.3 Å². The summed E-state index contributed by atoms with van der Waals surface area (Å²) in [5, 5.41) is 0. The van der Waals surface area contributed by atoms with Crippen LogP contribution in [0.15, 0.2) is 24.3 Å². The molecule has 1 aliphatic carbocycles. The Bertz CT molecular complexity index is 490. The normalized spacial score (nSPS) is 28.2. The van der Waals surface area contributed by atoms with Gasteiger partial charge in [0.05, 0.1) is 0 Å². The van der Waals surface area contributed by atoms with Gasteiger partial charge in [0.25, 0.3) is 0 Å². The zero-order chi connectivity index (χ0) is 14.3. The van der Waals surface area contributed by atoms with Crippen molar-refractivity contribution in [3.05, 3.63) is 35.4 Å². The molecule has 3 nitrogen and oxygen atoms in total. The second kappa shape index (κ2) is 4.88. The van der Waals surface area contributed by atoms with Gasteiger partial charge in [-0.15, -0.1) is 0 Å². The van der Waals surface area contributed by atoms with E-state index in [0.717, 1.165) is 13.1 Å². The van der Waals surface area contributed by atoms with Crippen molar-refractivity contribution in [2.24, 2.45) is 17.6 Å². The molecule has 0 aromatic heterocycles. The molecule has 0 saturated carbocycles. The van der Waals surface area contributed by atoms with Crippen LogP contribution in [0.25, 0.3) is 0 Å².